The molecule has 0 aromatic heterocycles. The van der Waals surface area contributed by atoms with Crippen LogP contribution < -0.4 is 0 Å². The Morgan fingerprint density at radius 2 is 2.05 bits per heavy atom. The highest BCUT2D eigenvalue weighted by atomic mass is 79.9. The number of aliphatic imine (C=N–C) groups is 1. The van der Waals surface area contributed by atoms with Crippen LogP contribution in [0, 0.1) is 17.2 Å². The van der Waals surface area contributed by atoms with Gasteiger partial charge < -0.3 is 10.2 Å². The molecule has 0 spiro atoms. The van der Waals surface area contributed by atoms with Gasteiger partial charge in [-0.1, -0.05) is 15.9 Å². The number of carboxylic acid groups (broad SMARTS) is 2. The molecular weight excluding hydrogens is 316 g/mol. The predicted molar refractivity (Wildman–Crippen MR) is 70.4 cm³/mol. The molecule has 0 saturated heterocycles. The van der Waals surface area contributed by atoms with Crippen molar-refractivity contribution in [3.63, 3.8) is 0 Å². The third-order valence-electron chi connectivity index (χ3n) is 2.32. The third kappa shape index (κ3) is 3.63. The molecule has 1 aromatic carbocycles. The molecule has 2 N–H and O–H groups in total. The molecule has 6 nitrogen and oxygen atoms in total. The van der Waals surface area contributed by atoms with E-state index in [2.05, 4.69) is 20.9 Å². The number of carbonyl (C=O) groups is 2. The van der Waals surface area contributed by atoms with Crippen molar-refractivity contribution in [1.82, 2.24) is 0 Å². The Kier molecular flexibility index (Phi) is 4.78. The molecule has 0 bridgehead atoms. The lowest BCUT2D eigenvalue weighted by Gasteiger charge is -2.07. The maximum Gasteiger partial charge on any atom is 0.351 e. The summed E-state index contributed by atoms with van der Waals surface area (Å²) >= 11 is 3.17. The quantitative estimate of drug-likeness (QED) is 0.825. The van der Waals surface area contributed by atoms with E-state index in [9.17, 15) is 9.59 Å². The summed E-state index contributed by atoms with van der Waals surface area (Å²) in [7, 11) is 0. The van der Waals surface area contributed by atoms with Crippen molar-refractivity contribution in [2.24, 2.45) is 10.9 Å². The fourth-order valence-electron chi connectivity index (χ4n) is 1.27. The first-order valence-electron chi connectivity index (χ1n) is 5.11. The lowest BCUT2D eigenvalue weighted by molar-refractivity contribution is -0.140. The highest BCUT2D eigenvalue weighted by molar-refractivity contribution is 9.10. The number of benzene rings is 1. The molecule has 0 aliphatic heterocycles. The highest BCUT2D eigenvalue weighted by Crippen LogP contribution is 2.24. The molecule has 0 aliphatic rings. The smallest absolute Gasteiger partial charge is 0.351 e. The molecule has 1 unspecified atom stereocenters. The van der Waals surface area contributed by atoms with E-state index in [0.717, 1.165) is 0 Å². The van der Waals surface area contributed by atoms with Crippen molar-refractivity contribution in [3.8, 4) is 6.07 Å². The Bertz CT molecular complexity index is 604. The van der Waals surface area contributed by atoms with Gasteiger partial charge in [0.25, 0.3) is 0 Å². The second-order valence-corrected chi connectivity index (χ2v) is 4.55. The van der Waals surface area contributed by atoms with E-state index in [1.54, 1.807) is 6.07 Å². The van der Waals surface area contributed by atoms with Crippen LogP contribution >= 0.6 is 15.9 Å². The lowest BCUT2D eigenvalue weighted by atomic mass is 10.1. The SMILES string of the molecule is CC(C(=O)O)C(=Nc1ccc(Br)cc1C#N)C(=O)O. The van der Waals surface area contributed by atoms with E-state index in [1.807, 2.05) is 6.07 Å². The molecule has 1 aromatic rings. The first kappa shape index (κ1) is 14.9. The second-order valence-electron chi connectivity index (χ2n) is 3.64. The number of nitriles is 1. The van der Waals surface area contributed by atoms with E-state index < -0.39 is 23.6 Å². The van der Waals surface area contributed by atoms with Gasteiger partial charge in [0.2, 0.25) is 0 Å². The molecule has 98 valence electrons. The van der Waals surface area contributed by atoms with Gasteiger partial charge in [-0.25, -0.2) is 9.79 Å². The summed E-state index contributed by atoms with van der Waals surface area (Å²) in [6, 6.07) is 6.38. The summed E-state index contributed by atoms with van der Waals surface area (Å²) in [5.74, 6) is -3.99. The minimum Gasteiger partial charge on any atom is -0.481 e. The number of nitrogens with zero attached hydrogens (tertiary/aromatic N) is 2. The van der Waals surface area contributed by atoms with Crippen LogP contribution in [-0.4, -0.2) is 27.9 Å². The molecule has 0 saturated carbocycles. The Morgan fingerprint density at radius 1 is 1.42 bits per heavy atom. The van der Waals surface area contributed by atoms with Gasteiger partial charge >= 0.3 is 11.9 Å². The number of hydrogen-bond donors (Lipinski definition) is 2. The number of aliphatic carboxylic acids is 2. The van der Waals surface area contributed by atoms with Gasteiger partial charge in [-0.15, -0.1) is 0 Å². The van der Waals surface area contributed by atoms with Gasteiger partial charge in [-0.05, 0) is 25.1 Å². The number of carboxylic acids is 2. The average Bonchev–Trinajstić information content (AvgIpc) is 2.35. The van der Waals surface area contributed by atoms with Gasteiger partial charge in [0.1, 0.15) is 17.7 Å². The summed E-state index contributed by atoms with van der Waals surface area (Å²) in [5, 5.41) is 26.8. The zero-order valence-electron chi connectivity index (χ0n) is 9.79. The largest absolute Gasteiger partial charge is 0.481 e. The van der Waals surface area contributed by atoms with Crippen molar-refractivity contribution in [3.05, 3.63) is 28.2 Å². The monoisotopic (exact) mass is 324 g/mol. The standard InChI is InChI=1S/C12H9BrN2O4/c1-6(11(16)17)10(12(18)19)15-9-3-2-8(13)4-7(9)5-14/h2-4,6H,1H3,(H,16,17)(H,18,19). The lowest BCUT2D eigenvalue weighted by Crippen LogP contribution is -2.27. The molecule has 1 rings (SSSR count). The van der Waals surface area contributed by atoms with E-state index in [4.69, 9.17) is 15.5 Å². The highest BCUT2D eigenvalue weighted by Gasteiger charge is 2.25. The third-order valence-corrected chi connectivity index (χ3v) is 2.81. The first-order valence-corrected chi connectivity index (χ1v) is 5.90. The van der Waals surface area contributed by atoms with E-state index in [0.29, 0.717) is 4.47 Å². The minimum atomic E-state index is -1.43. The van der Waals surface area contributed by atoms with Crippen LogP contribution in [0.4, 0.5) is 5.69 Å². The summed E-state index contributed by atoms with van der Waals surface area (Å²) in [6.45, 7) is 1.22. The maximum atomic E-state index is 11.0. The van der Waals surface area contributed by atoms with Gasteiger partial charge in [0.15, 0.2) is 0 Å². The summed E-state index contributed by atoms with van der Waals surface area (Å²) in [5.41, 5.74) is -0.242. The van der Waals surface area contributed by atoms with E-state index in [1.165, 1.54) is 19.1 Å². The van der Waals surface area contributed by atoms with E-state index in [-0.39, 0.29) is 11.3 Å². The van der Waals surface area contributed by atoms with Crippen LogP contribution in [0.15, 0.2) is 27.7 Å². The van der Waals surface area contributed by atoms with Crippen molar-refractivity contribution in [2.45, 2.75) is 6.92 Å². The summed E-state index contributed by atoms with van der Waals surface area (Å²) in [6.07, 6.45) is 0. The minimum absolute atomic E-state index is 0.121. The molecule has 0 fully saturated rings. The first-order chi connectivity index (χ1) is 8.86. The number of halogens is 1. The summed E-state index contributed by atoms with van der Waals surface area (Å²) in [4.78, 5) is 25.6. The second kappa shape index (κ2) is 6.11. The van der Waals surface area contributed by atoms with Crippen molar-refractivity contribution in [2.75, 3.05) is 0 Å². The zero-order valence-corrected chi connectivity index (χ0v) is 11.4. The molecule has 0 aliphatic carbocycles. The number of hydrogen-bond acceptors (Lipinski definition) is 4. The van der Waals surface area contributed by atoms with Crippen LogP contribution in [0.5, 0.6) is 0 Å². The number of rotatable bonds is 4. The molecule has 7 heteroatoms. The predicted octanol–water partition coefficient (Wildman–Crippen LogP) is 2.20. The fourth-order valence-corrected chi connectivity index (χ4v) is 1.63. The van der Waals surface area contributed by atoms with Gasteiger partial charge in [0.05, 0.1) is 11.3 Å². The van der Waals surface area contributed by atoms with Gasteiger partial charge in [-0.2, -0.15) is 5.26 Å². The molecule has 1 atom stereocenters. The van der Waals surface area contributed by atoms with Crippen LogP contribution in [0.25, 0.3) is 0 Å². The Morgan fingerprint density at radius 3 is 2.53 bits per heavy atom. The molecule has 0 radical (unpaired) electrons. The summed E-state index contributed by atoms with van der Waals surface area (Å²) < 4.78 is 0.645. The zero-order chi connectivity index (χ0) is 14.6. The Labute approximate surface area is 117 Å². The van der Waals surface area contributed by atoms with E-state index >= 15 is 0 Å². The fraction of sp³-hybridized carbons (Fsp3) is 0.167. The van der Waals surface area contributed by atoms with Gasteiger partial charge in [-0.3, -0.25) is 4.79 Å². The van der Waals surface area contributed by atoms with Gasteiger partial charge in [0, 0.05) is 4.47 Å². The Balaban J connectivity index is 3.35. The van der Waals surface area contributed by atoms with Crippen LogP contribution in [0.2, 0.25) is 0 Å². The van der Waals surface area contributed by atoms with Crippen LogP contribution in [0.3, 0.4) is 0 Å². The molecule has 19 heavy (non-hydrogen) atoms. The molecule has 0 amide bonds. The molecular formula is C12H9BrN2O4. The van der Waals surface area contributed by atoms with Crippen molar-refractivity contribution < 1.29 is 19.8 Å². The van der Waals surface area contributed by atoms with Crippen LogP contribution in [0.1, 0.15) is 12.5 Å². The molecule has 0 heterocycles. The Hall–Kier alpha value is -2.20. The maximum absolute atomic E-state index is 11.0. The average molecular weight is 325 g/mol. The van der Waals surface area contributed by atoms with Crippen LogP contribution in [-0.2, 0) is 9.59 Å². The van der Waals surface area contributed by atoms with Crippen molar-refractivity contribution in [1.29, 1.82) is 5.26 Å². The topological polar surface area (TPSA) is 111 Å². The normalized spacial score (nSPS) is 12.6. The van der Waals surface area contributed by atoms with Crippen molar-refractivity contribution >= 4 is 39.3 Å².